The molecule has 1 unspecified atom stereocenters. The predicted octanol–water partition coefficient (Wildman–Crippen LogP) is 1.54. The SMILES string of the molecule is CC(C)NC(C#N)Cn1cc(Br)cn1. The van der Waals surface area contributed by atoms with E-state index in [-0.39, 0.29) is 6.04 Å². The number of hydrogen-bond donors (Lipinski definition) is 1. The number of nitriles is 1. The van der Waals surface area contributed by atoms with E-state index >= 15 is 0 Å². The lowest BCUT2D eigenvalue weighted by Gasteiger charge is -2.14. The van der Waals surface area contributed by atoms with Crippen LogP contribution in [0.25, 0.3) is 0 Å². The van der Waals surface area contributed by atoms with E-state index in [1.165, 1.54) is 0 Å². The lowest BCUT2D eigenvalue weighted by atomic mass is 10.3. The molecule has 0 fully saturated rings. The summed E-state index contributed by atoms with van der Waals surface area (Å²) in [6.07, 6.45) is 3.57. The molecule has 1 rings (SSSR count). The van der Waals surface area contributed by atoms with Crippen LogP contribution in [0.4, 0.5) is 0 Å². The smallest absolute Gasteiger partial charge is 0.115 e. The third kappa shape index (κ3) is 3.48. The van der Waals surface area contributed by atoms with Gasteiger partial charge in [0.2, 0.25) is 0 Å². The van der Waals surface area contributed by atoms with Crippen molar-refractivity contribution in [2.75, 3.05) is 0 Å². The number of aromatic nitrogens is 2. The van der Waals surface area contributed by atoms with Crippen LogP contribution < -0.4 is 5.32 Å². The molecular weight excluding hydrogens is 244 g/mol. The minimum atomic E-state index is -0.193. The summed E-state index contributed by atoms with van der Waals surface area (Å²) in [5, 5.41) is 16.1. The Morgan fingerprint density at radius 1 is 1.71 bits per heavy atom. The third-order valence-corrected chi connectivity index (χ3v) is 2.07. The zero-order chi connectivity index (χ0) is 10.6. The number of nitrogens with one attached hydrogen (secondary N) is 1. The van der Waals surface area contributed by atoms with E-state index in [1.807, 2.05) is 20.0 Å². The summed E-state index contributed by atoms with van der Waals surface area (Å²) < 4.78 is 2.67. The highest BCUT2D eigenvalue weighted by molar-refractivity contribution is 9.10. The first-order valence-electron chi connectivity index (χ1n) is 4.45. The zero-order valence-electron chi connectivity index (χ0n) is 8.24. The normalized spacial score (nSPS) is 12.8. The second-order valence-corrected chi connectivity index (χ2v) is 4.30. The van der Waals surface area contributed by atoms with E-state index in [9.17, 15) is 0 Å². The molecule has 1 N–H and O–H groups in total. The van der Waals surface area contributed by atoms with Gasteiger partial charge in [0.25, 0.3) is 0 Å². The molecule has 0 aliphatic carbocycles. The number of hydrogen-bond acceptors (Lipinski definition) is 3. The third-order valence-electron chi connectivity index (χ3n) is 1.66. The fourth-order valence-electron chi connectivity index (χ4n) is 1.16. The first kappa shape index (κ1) is 11.2. The molecule has 14 heavy (non-hydrogen) atoms. The van der Waals surface area contributed by atoms with E-state index in [0.717, 1.165) is 4.47 Å². The number of nitrogens with zero attached hydrogens (tertiary/aromatic N) is 3. The van der Waals surface area contributed by atoms with Crippen molar-refractivity contribution in [3.63, 3.8) is 0 Å². The summed E-state index contributed by atoms with van der Waals surface area (Å²) in [5.74, 6) is 0. The Labute approximate surface area is 92.0 Å². The maximum atomic E-state index is 8.88. The van der Waals surface area contributed by atoms with Crippen LogP contribution in [0.15, 0.2) is 16.9 Å². The minimum Gasteiger partial charge on any atom is -0.298 e. The molecule has 1 heterocycles. The van der Waals surface area contributed by atoms with Gasteiger partial charge >= 0.3 is 0 Å². The van der Waals surface area contributed by atoms with E-state index in [4.69, 9.17) is 5.26 Å². The first-order chi connectivity index (χ1) is 6.61. The molecule has 0 saturated carbocycles. The number of halogens is 1. The average Bonchev–Trinajstić information content (AvgIpc) is 2.49. The zero-order valence-corrected chi connectivity index (χ0v) is 9.82. The Kier molecular flexibility index (Phi) is 4.11. The molecular formula is C9H13BrN4. The summed E-state index contributed by atoms with van der Waals surface area (Å²) >= 11 is 3.31. The molecule has 1 aromatic rings. The van der Waals surface area contributed by atoms with Gasteiger partial charge in [-0.2, -0.15) is 10.4 Å². The van der Waals surface area contributed by atoms with Gasteiger partial charge in [0.05, 0.1) is 23.3 Å². The molecule has 0 radical (unpaired) electrons. The van der Waals surface area contributed by atoms with Crippen molar-refractivity contribution in [1.82, 2.24) is 15.1 Å². The second kappa shape index (κ2) is 5.13. The second-order valence-electron chi connectivity index (χ2n) is 3.38. The Balaban J connectivity index is 2.53. The van der Waals surface area contributed by atoms with Gasteiger partial charge < -0.3 is 0 Å². The van der Waals surface area contributed by atoms with Crippen LogP contribution in [0.5, 0.6) is 0 Å². The lowest BCUT2D eigenvalue weighted by Crippen LogP contribution is -2.36. The summed E-state index contributed by atoms with van der Waals surface area (Å²) in [6, 6.07) is 2.32. The van der Waals surface area contributed by atoms with Crippen molar-refractivity contribution in [2.24, 2.45) is 0 Å². The average molecular weight is 257 g/mol. The fourth-order valence-corrected chi connectivity index (χ4v) is 1.49. The van der Waals surface area contributed by atoms with Gasteiger partial charge in [-0.1, -0.05) is 0 Å². The molecule has 0 spiro atoms. The highest BCUT2D eigenvalue weighted by atomic mass is 79.9. The highest BCUT2D eigenvalue weighted by Crippen LogP contribution is 2.06. The van der Waals surface area contributed by atoms with Crippen LogP contribution in [0.1, 0.15) is 13.8 Å². The molecule has 0 aliphatic heterocycles. The van der Waals surface area contributed by atoms with Gasteiger partial charge in [0, 0.05) is 12.2 Å². The van der Waals surface area contributed by atoms with Crippen molar-refractivity contribution >= 4 is 15.9 Å². The molecule has 1 aromatic heterocycles. The van der Waals surface area contributed by atoms with Crippen LogP contribution in [-0.4, -0.2) is 21.9 Å². The van der Waals surface area contributed by atoms with E-state index < -0.39 is 0 Å². The Morgan fingerprint density at radius 3 is 2.86 bits per heavy atom. The molecule has 4 nitrogen and oxygen atoms in total. The van der Waals surface area contributed by atoms with Crippen molar-refractivity contribution in [3.05, 3.63) is 16.9 Å². The van der Waals surface area contributed by atoms with Crippen LogP contribution >= 0.6 is 15.9 Å². The molecule has 5 heteroatoms. The molecule has 0 saturated heterocycles. The topological polar surface area (TPSA) is 53.6 Å². The van der Waals surface area contributed by atoms with Crippen molar-refractivity contribution in [1.29, 1.82) is 5.26 Å². The summed E-state index contributed by atoms with van der Waals surface area (Å²) in [6.45, 7) is 4.60. The van der Waals surface area contributed by atoms with E-state index in [2.05, 4.69) is 32.4 Å². The van der Waals surface area contributed by atoms with Crippen LogP contribution in [0.2, 0.25) is 0 Å². The molecule has 0 aliphatic rings. The standard InChI is InChI=1S/C9H13BrN4/c1-7(2)13-9(3-11)6-14-5-8(10)4-12-14/h4-5,7,9,13H,6H2,1-2H3. The molecule has 0 bridgehead atoms. The molecule has 0 aromatic carbocycles. The predicted molar refractivity (Wildman–Crippen MR) is 57.6 cm³/mol. The van der Waals surface area contributed by atoms with Gasteiger partial charge in [-0.3, -0.25) is 10.00 Å². The van der Waals surface area contributed by atoms with Crippen LogP contribution in [0.3, 0.4) is 0 Å². The Hall–Kier alpha value is -0.860. The maximum absolute atomic E-state index is 8.88. The fraction of sp³-hybridized carbons (Fsp3) is 0.556. The van der Waals surface area contributed by atoms with Crippen molar-refractivity contribution in [2.45, 2.75) is 32.5 Å². The Bertz CT molecular complexity index is 326. The van der Waals surface area contributed by atoms with Gasteiger partial charge in [0.15, 0.2) is 0 Å². The summed E-state index contributed by atoms with van der Waals surface area (Å²) in [5.41, 5.74) is 0. The molecule has 1 atom stereocenters. The quantitative estimate of drug-likeness (QED) is 0.890. The van der Waals surface area contributed by atoms with Crippen molar-refractivity contribution < 1.29 is 0 Å². The maximum Gasteiger partial charge on any atom is 0.115 e. The van der Waals surface area contributed by atoms with Gasteiger partial charge in [-0.25, -0.2) is 0 Å². The molecule has 76 valence electrons. The summed E-state index contributed by atoms with van der Waals surface area (Å²) in [4.78, 5) is 0. The number of rotatable bonds is 4. The highest BCUT2D eigenvalue weighted by Gasteiger charge is 2.09. The minimum absolute atomic E-state index is 0.193. The van der Waals surface area contributed by atoms with E-state index in [1.54, 1.807) is 10.9 Å². The van der Waals surface area contributed by atoms with Gasteiger partial charge in [-0.15, -0.1) is 0 Å². The largest absolute Gasteiger partial charge is 0.298 e. The summed E-state index contributed by atoms with van der Waals surface area (Å²) in [7, 11) is 0. The monoisotopic (exact) mass is 256 g/mol. The first-order valence-corrected chi connectivity index (χ1v) is 5.24. The van der Waals surface area contributed by atoms with Gasteiger partial charge in [-0.05, 0) is 29.8 Å². The van der Waals surface area contributed by atoms with Crippen molar-refractivity contribution in [3.8, 4) is 6.07 Å². The lowest BCUT2D eigenvalue weighted by molar-refractivity contribution is 0.456. The molecule has 0 amide bonds. The van der Waals surface area contributed by atoms with Gasteiger partial charge in [0.1, 0.15) is 6.04 Å². The Morgan fingerprint density at radius 2 is 2.43 bits per heavy atom. The van der Waals surface area contributed by atoms with Crippen LogP contribution in [0, 0.1) is 11.3 Å². The van der Waals surface area contributed by atoms with Crippen LogP contribution in [-0.2, 0) is 6.54 Å². The van der Waals surface area contributed by atoms with E-state index in [0.29, 0.717) is 12.6 Å².